The van der Waals surface area contributed by atoms with E-state index in [2.05, 4.69) is 4.99 Å². The summed E-state index contributed by atoms with van der Waals surface area (Å²) in [6.07, 6.45) is 2.56. The molecule has 2 aromatic carbocycles. The second-order valence-electron chi connectivity index (χ2n) is 5.26. The Morgan fingerprint density at radius 2 is 2.00 bits per heavy atom. The maximum absolute atomic E-state index is 13.3. The van der Waals surface area contributed by atoms with Gasteiger partial charge in [0.25, 0.3) is 0 Å². The molecule has 1 heterocycles. The average molecular weight is 325 g/mol. The molecule has 0 atom stereocenters. The first-order valence-corrected chi connectivity index (χ1v) is 7.67. The Labute approximate surface area is 139 Å². The van der Waals surface area contributed by atoms with E-state index in [4.69, 9.17) is 9.47 Å². The molecule has 0 saturated carbocycles. The number of carbonyl (C=O) groups excluding carboxylic acids is 1. The van der Waals surface area contributed by atoms with Gasteiger partial charge < -0.3 is 9.47 Å². The van der Waals surface area contributed by atoms with E-state index in [0.29, 0.717) is 12.2 Å². The van der Waals surface area contributed by atoms with Gasteiger partial charge in [0.2, 0.25) is 5.90 Å². The molecule has 4 nitrogen and oxygen atoms in total. The Balaban J connectivity index is 1.80. The topological polar surface area (TPSA) is 47.9 Å². The first-order valence-electron chi connectivity index (χ1n) is 7.67. The summed E-state index contributed by atoms with van der Waals surface area (Å²) in [7, 11) is 0. The maximum atomic E-state index is 13.3. The van der Waals surface area contributed by atoms with Crippen molar-refractivity contribution in [2.75, 3.05) is 6.61 Å². The highest BCUT2D eigenvalue weighted by atomic mass is 19.1. The molecule has 0 bridgehead atoms. The number of cyclic esters (lactones) is 1. The summed E-state index contributed by atoms with van der Waals surface area (Å²) in [4.78, 5) is 16.1. The lowest BCUT2D eigenvalue weighted by atomic mass is 10.2. The van der Waals surface area contributed by atoms with Gasteiger partial charge in [0.15, 0.2) is 5.70 Å². The van der Waals surface area contributed by atoms with Gasteiger partial charge in [-0.1, -0.05) is 25.1 Å². The predicted octanol–water partition coefficient (Wildman–Crippen LogP) is 3.96. The molecular formula is C19H16FNO3. The first kappa shape index (κ1) is 15.9. The highest BCUT2D eigenvalue weighted by Crippen LogP contribution is 2.21. The molecule has 0 spiro atoms. The van der Waals surface area contributed by atoms with Crippen LogP contribution in [0.15, 0.2) is 59.2 Å². The zero-order chi connectivity index (χ0) is 16.9. The number of ether oxygens (including phenoxy) is 2. The highest BCUT2D eigenvalue weighted by molar-refractivity contribution is 6.12. The van der Waals surface area contributed by atoms with Gasteiger partial charge in [0.05, 0.1) is 6.61 Å². The fourth-order valence-corrected chi connectivity index (χ4v) is 2.19. The van der Waals surface area contributed by atoms with Crippen LogP contribution >= 0.6 is 0 Å². The summed E-state index contributed by atoms with van der Waals surface area (Å²) in [6.45, 7) is 2.70. The molecule has 2 aromatic rings. The minimum absolute atomic E-state index is 0.105. The second kappa shape index (κ2) is 7.08. The molecule has 0 unspecified atom stereocenters. The van der Waals surface area contributed by atoms with E-state index < -0.39 is 11.8 Å². The molecule has 1 aliphatic rings. The summed E-state index contributed by atoms with van der Waals surface area (Å²) in [6, 6.07) is 13.1. The fourth-order valence-electron chi connectivity index (χ4n) is 2.19. The molecule has 5 heteroatoms. The van der Waals surface area contributed by atoms with E-state index in [1.165, 1.54) is 18.2 Å². The van der Waals surface area contributed by atoms with E-state index in [-0.39, 0.29) is 11.6 Å². The van der Waals surface area contributed by atoms with Crippen LogP contribution in [0.5, 0.6) is 5.75 Å². The smallest absolute Gasteiger partial charge is 0.363 e. The van der Waals surface area contributed by atoms with Gasteiger partial charge in [0.1, 0.15) is 11.6 Å². The summed E-state index contributed by atoms with van der Waals surface area (Å²) in [5.74, 6) is -0.0856. The number of esters is 1. The van der Waals surface area contributed by atoms with E-state index in [1.807, 2.05) is 31.2 Å². The normalized spacial score (nSPS) is 15.3. The second-order valence-corrected chi connectivity index (χ2v) is 5.26. The molecule has 0 aliphatic carbocycles. The Morgan fingerprint density at radius 1 is 1.21 bits per heavy atom. The van der Waals surface area contributed by atoms with Crippen molar-refractivity contribution in [3.63, 3.8) is 0 Å². The molecule has 122 valence electrons. The van der Waals surface area contributed by atoms with Gasteiger partial charge in [-0.2, -0.15) is 0 Å². The fraction of sp³-hybridized carbons (Fsp3) is 0.158. The van der Waals surface area contributed by atoms with Gasteiger partial charge in [-0.05, 0) is 48.4 Å². The Bertz CT molecular complexity index is 810. The maximum Gasteiger partial charge on any atom is 0.363 e. The molecule has 0 N–H and O–H groups in total. The summed E-state index contributed by atoms with van der Waals surface area (Å²) >= 11 is 0. The van der Waals surface area contributed by atoms with Crippen molar-refractivity contribution in [1.82, 2.24) is 0 Å². The van der Waals surface area contributed by atoms with Crippen molar-refractivity contribution in [3.8, 4) is 5.75 Å². The molecule has 0 aromatic heterocycles. The molecule has 1 aliphatic heterocycles. The van der Waals surface area contributed by atoms with E-state index in [9.17, 15) is 9.18 Å². The third kappa shape index (κ3) is 3.68. The van der Waals surface area contributed by atoms with Crippen LogP contribution in [0.25, 0.3) is 6.08 Å². The van der Waals surface area contributed by atoms with Crippen LogP contribution in [0.1, 0.15) is 24.5 Å². The molecular weight excluding hydrogens is 309 g/mol. The van der Waals surface area contributed by atoms with Gasteiger partial charge in [0, 0.05) is 5.56 Å². The first-order chi connectivity index (χ1) is 11.7. The molecule has 0 amide bonds. The summed E-state index contributed by atoms with van der Waals surface area (Å²) < 4.78 is 23.9. The van der Waals surface area contributed by atoms with Crippen LogP contribution in [0.3, 0.4) is 0 Å². The van der Waals surface area contributed by atoms with Crippen molar-refractivity contribution in [2.24, 2.45) is 4.99 Å². The minimum atomic E-state index is -0.555. The third-order valence-corrected chi connectivity index (χ3v) is 3.35. The Morgan fingerprint density at radius 3 is 2.71 bits per heavy atom. The summed E-state index contributed by atoms with van der Waals surface area (Å²) in [5.41, 5.74) is 1.40. The van der Waals surface area contributed by atoms with Crippen molar-refractivity contribution in [3.05, 3.63) is 71.2 Å². The zero-order valence-corrected chi connectivity index (χ0v) is 13.2. The molecule has 0 fully saturated rings. The van der Waals surface area contributed by atoms with Gasteiger partial charge >= 0.3 is 5.97 Å². The quantitative estimate of drug-likeness (QED) is 0.617. The van der Waals surface area contributed by atoms with Gasteiger partial charge in [-0.3, -0.25) is 0 Å². The molecule has 3 rings (SSSR count). The predicted molar refractivity (Wildman–Crippen MR) is 89.2 cm³/mol. The van der Waals surface area contributed by atoms with Crippen LogP contribution in [0.4, 0.5) is 4.39 Å². The standard InChI is InChI=1S/C19H16FNO3/c1-2-10-23-16-8-6-13(7-9-16)11-17-19(22)24-18(21-17)14-4-3-5-15(20)12-14/h3-9,11-12H,2,10H2,1H3/b17-11+. The van der Waals surface area contributed by atoms with Crippen molar-refractivity contribution in [2.45, 2.75) is 13.3 Å². The third-order valence-electron chi connectivity index (χ3n) is 3.35. The van der Waals surface area contributed by atoms with Gasteiger partial charge in [-0.15, -0.1) is 0 Å². The molecule has 0 radical (unpaired) electrons. The number of aliphatic imine (C=N–C) groups is 1. The Kier molecular flexibility index (Phi) is 4.70. The average Bonchev–Trinajstić information content (AvgIpc) is 2.95. The molecule has 0 saturated heterocycles. The number of carbonyl (C=O) groups is 1. The highest BCUT2D eigenvalue weighted by Gasteiger charge is 2.24. The van der Waals surface area contributed by atoms with Crippen LogP contribution in [-0.2, 0) is 9.53 Å². The van der Waals surface area contributed by atoms with Crippen LogP contribution < -0.4 is 4.74 Å². The lowest BCUT2D eigenvalue weighted by Crippen LogP contribution is -2.05. The minimum Gasteiger partial charge on any atom is -0.494 e. The number of hydrogen-bond acceptors (Lipinski definition) is 4. The van der Waals surface area contributed by atoms with Gasteiger partial charge in [-0.25, -0.2) is 14.2 Å². The zero-order valence-electron chi connectivity index (χ0n) is 13.2. The van der Waals surface area contributed by atoms with Crippen molar-refractivity contribution < 1.29 is 18.7 Å². The summed E-state index contributed by atoms with van der Waals surface area (Å²) in [5, 5.41) is 0. The largest absolute Gasteiger partial charge is 0.494 e. The SMILES string of the molecule is CCCOc1ccc(/C=C2/N=C(c3cccc(F)c3)OC2=O)cc1. The molecule has 24 heavy (non-hydrogen) atoms. The van der Waals surface area contributed by atoms with E-state index in [1.54, 1.807) is 12.1 Å². The number of benzene rings is 2. The van der Waals surface area contributed by atoms with Crippen molar-refractivity contribution in [1.29, 1.82) is 0 Å². The number of hydrogen-bond donors (Lipinski definition) is 0. The number of halogens is 1. The van der Waals surface area contributed by atoms with Crippen LogP contribution in [0.2, 0.25) is 0 Å². The van der Waals surface area contributed by atoms with Crippen LogP contribution in [-0.4, -0.2) is 18.5 Å². The lowest BCUT2D eigenvalue weighted by Gasteiger charge is -2.04. The number of nitrogens with zero attached hydrogens (tertiary/aromatic N) is 1. The number of rotatable bonds is 5. The van der Waals surface area contributed by atoms with E-state index in [0.717, 1.165) is 17.7 Å². The van der Waals surface area contributed by atoms with Crippen LogP contribution in [0, 0.1) is 5.82 Å². The monoisotopic (exact) mass is 325 g/mol. The Hall–Kier alpha value is -2.95. The van der Waals surface area contributed by atoms with Crippen molar-refractivity contribution >= 4 is 17.9 Å². The lowest BCUT2D eigenvalue weighted by molar-refractivity contribution is -0.129. The van der Waals surface area contributed by atoms with E-state index >= 15 is 0 Å².